The van der Waals surface area contributed by atoms with Gasteiger partial charge in [-0.2, -0.15) is 0 Å². The molecule has 0 unspecified atom stereocenters. The number of nitrogens with one attached hydrogen (secondary N) is 1. The number of aliphatic hydroxyl groups is 4. The number of Topliss-reactive ketones (excluding diaryl/α,β-unsaturated/α-hetero) is 2. The first-order valence-electron chi connectivity index (χ1n) is 13.0. The maximum atomic E-state index is 13.9. The number of carbonyl (C=O) groups excluding carboxylic acids is 4. The number of fused-ring (bicyclic) bond motifs is 3. The minimum Gasteiger partial charge on any atom is -0.510 e. The molecule has 0 bridgehead atoms. The predicted molar refractivity (Wildman–Crippen MR) is 144 cm³/mol. The van der Waals surface area contributed by atoms with Crippen LogP contribution in [0.5, 0.6) is 5.75 Å². The van der Waals surface area contributed by atoms with Gasteiger partial charge in [0.1, 0.15) is 17.1 Å². The van der Waals surface area contributed by atoms with E-state index in [4.69, 9.17) is 10.5 Å². The van der Waals surface area contributed by atoms with Gasteiger partial charge in [0.15, 0.2) is 17.1 Å². The standard InChI is InChI=1S/C28H35N3O10/c1-10-11-7-8-12(30-26(39)41-9-27(2,3)4)19(32)14(11)20(33)15-13(10)21(34)17-18(31(5)6)22(35)16(25(29)38)24(37)28(17,40)23(15)36/h7-8,10,13,17-18,21,32,34-36,40H,9H2,1-6H3,(H2,29,38)(H,30,39)/t10-,13+,17+,18-,21-,28-/m0/s1. The molecular weight excluding hydrogens is 538 g/mol. The highest BCUT2D eigenvalue weighted by molar-refractivity contribution is 6.25. The lowest BCUT2D eigenvalue weighted by atomic mass is 9.55. The predicted octanol–water partition coefficient (Wildman–Crippen LogP) is 1.25. The van der Waals surface area contributed by atoms with Crippen LogP contribution in [0.15, 0.2) is 34.8 Å². The molecule has 0 aromatic heterocycles. The van der Waals surface area contributed by atoms with Crippen LogP contribution in [-0.2, 0) is 14.3 Å². The highest BCUT2D eigenvalue weighted by Crippen LogP contribution is 2.56. The van der Waals surface area contributed by atoms with Gasteiger partial charge in [-0.1, -0.05) is 33.8 Å². The molecule has 13 nitrogen and oxygen atoms in total. The van der Waals surface area contributed by atoms with E-state index in [2.05, 4.69) is 5.32 Å². The van der Waals surface area contributed by atoms with Crippen molar-refractivity contribution >= 4 is 29.3 Å². The molecule has 41 heavy (non-hydrogen) atoms. The summed E-state index contributed by atoms with van der Waals surface area (Å²) < 4.78 is 5.16. The van der Waals surface area contributed by atoms with Gasteiger partial charge in [0.2, 0.25) is 5.78 Å². The lowest BCUT2D eigenvalue weighted by Gasteiger charge is -2.53. The van der Waals surface area contributed by atoms with Crippen molar-refractivity contribution in [3.05, 3.63) is 45.9 Å². The molecule has 0 radical (unpaired) electrons. The van der Waals surface area contributed by atoms with E-state index in [1.54, 1.807) is 6.92 Å². The number of aliphatic hydroxyl groups excluding tert-OH is 3. The minimum absolute atomic E-state index is 0.0693. The largest absolute Gasteiger partial charge is 0.510 e. The fourth-order valence-electron chi connectivity index (χ4n) is 6.15. The summed E-state index contributed by atoms with van der Waals surface area (Å²) in [6.45, 7) is 7.24. The zero-order valence-corrected chi connectivity index (χ0v) is 23.6. The Kier molecular flexibility index (Phi) is 7.22. The normalized spacial score (nSPS) is 29.6. The maximum Gasteiger partial charge on any atom is 0.411 e. The van der Waals surface area contributed by atoms with E-state index in [1.807, 2.05) is 20.8 Å². The van der Waals surface area contributed by atoms with Crippen LogP contribution in [0.25, 0.3) is 0 Å². The molecule has 0 spiro atoms. The summed E-state index contributed by atoms with van der Waals surface area (Å²) in [7, 11) is 2.92. The number of ketones is 2. The van der Waals surface area contributed by atoms with Crippen molar-refractivity contribution < 1.29 is 49.4 Å². The maximum absolute atomic E-state index is 13.9. The topological polar surface area (TPSA) is 220 Å². The molecule has 4 rings (SSSR count). The zero-order valence-electron chi connectivity index (χ0n) is 23.6. The highest BCUT2D eigenvalue weighted by Gasteiger charge is 2.67. The fraction of sp³-hybridized carbons (Fsp3) is 0.500. The number of anilines is 1. The molecule has 13 heteroatoms. The third kappa shape index (κ3) is 4.44. The van der Waals surface area contributed by atoms with Crippen LogP contribution >= 0.6 is 0 Å². The summed E-state index contributed by atoms with van der Waals surface area (Å²) in [4.78, 5) is 53.1. The minimum atomic E-state index is -3.01. The third-order valence-electron chi connectivity index (χ3n) is 8.00. The number of primary amides is 1. The number of nitrogens with two attached hydrogens (primary N) is 1. The third-order valence-corrected chi connectivity index (χ3v) is 8.00. The zero-order chi connectivity index (χ0) is 30.9. The molecule has 1 aromatic carbocycles. The number of nitrogens with zero attached hydrogens (tertiary/aromatic N) is 1. The number of likely N-dealkylation sites (N-methyl/N-ethyl adjacent to an activating group) is 1. The Morgan fingerprint density at radius 3 is 2.29 bits per heavy atom. The molecule has 6 atom stereocenters. The Morgan fingerprint density at radius 2 is 1.76 bits per heavy atom. The highest BCUT2D eigenvalue weighted by atomic mass is 16.5. The van der Waals surface area contributed by atoms with Gasteiger partial charge in [0.25, 0.3) is 5.91 Å². The van der Waals surface area contributed by atoms with Crippen molar-refractivity contribution in [2.24, 2.45) is 23.0 Å². The molecule has 0 aliphatic heterocycles. The van der Waals surface area contributed by atoms with Crippen LogP contribution in [0.4, 0.5) is 10.5 Å². The van der Waals surface area contributed by atoms with Crippen LogP contribution in [0.1, 0.15) is 49.5 Å². The van der Waals surface area contributed by atoms with E-state index in [-0.39, 0.29) is 28.8 Å². The van der Waals surface area contributed by atoms with Gasteiger partial charge in [0, 0.05) is 11.5 Å². The first-order chi connectivity index (χ1) is 18.9. The molecule has 0 heterocycles. The molecular formula is C28H35N3O10. The molecule has 0 saturated heterocycles. The second-order valence-electron chi connectivity index (χ2n) is 12.2. The number of hydrogen-bond acceptors (Lipinski definition) is 11. The van der Waals surface area contributed by atoms with E-state index in [0.717, 1.165) is 0 Å². The summed E-state index contributed by atoms with van der Waals surface area (Å²) >= 11 is 0. The first-order valence-corrected chi connectivity index (χ1v) is 13.0. The number of phenolic OH excluding ortho intramolecular Hbond substituents is 1. The van der Waals surface area contributed by atoms with E-state index >= 15 is 0 Å². The Morgan fingerprint density at radius 1 is 1.15 bits per heavy atom. The smallest absolute Gasteiger partial charge is 0.411 e. The van der Waals surface area contributed by atoms with Gasteiger partial charge in [-0.05, 0) is 37.1 Å². The number of aromatic hydroxyl groups is 1. The molecule has 8 N–H and O–H groups in total. The summed E-state index contributed by atoms with van der Waals surface area (Å²) in [5.74, 6) is -9.96. The van der Waals surface area contributed by atoms with Crippen LogP contribution in [0.2, 0.25) is 0 Å². The number of amides is 2. The molecule has 2 amide bonds. The van der Waals surface area contributed by atoms with E-state index in [0.29, 0.717) is 0 Å². The van der Waals surface area contributed by atoms with E-state index < -0.39 is 87.5 Å². The van der Waals surface area contributed by atoms with Crippen molar-refractivity contribution in [2.45, 2.75) is 51.4 Å². The van der Waals surface area contributed by atoms with Crippen LogP contribution < -0.4 is 11.1 Å². The number of benzene rings is 1. The second kappa shape index (κ2) is 9.86. The quantitative estimate of drug-likeness (QED) is 0.201. The van der Waals surface area contributed by atoms with Crippen molar-refractivity contribution in [1.82, 2.24) is 4.90 Å². The van der Waals surface area contributed by atoms with Gasteiger partial charge in [-0.3, -0.25) is 24.6 Å². The SMILES string of the molecule is C[C@H]1c2ccc(NC(=O)OCC(C)(C)C)c(O)c2C(=O)C2=C(O)[C@]3(O)C(=O)C(C(N)=O)=C(O)[C@@H](N(C)C)[C@@H]3[C@@H](O)[C@@H]21. The molecule has 0 saturated carbocycles. The van der Waals surface area contributed by atoms with Crippen molar-refractivity contribution in [3.63, 3.8) is 0 Å². The average Bonchev–Trinajstić information content (AvgIpc) is 2.85. The van der Waals surface area contributed by atoms with Crippen molar-refractivity contribution in [1.29, 1.82) is 0 Å². The Bertz CT molecular complexity index is 1420. The Balaban J connectivity index is 1.87. The van der Waals surface area contributed by atoms with Gasteiger partial charge in [-0.15, -0.1) is 0 Å². The lowest BCUT2D eigenvalue weighted by molar-refractivity contribution is -0.162. The van der Waals surface area contributed by atoms with Crippen LogP contribution in [0, 0.1) is 17.3 Å². The van der Waals surface area contributed by atoms with Crippen molar-refractivity contribution in [3.8, 4) is 5.75 Å². The van der Waals surface area contributed by atoms with E-state index in [9.17, 15) is 44.7 Å². The number of carbonyl (C=O) groups is 4. The van der Waals surface area contributed by atoms with E-state index in [1.165, 1.54) is 31.1 Å². The fourth-order valence-corrected chi connectivity index (χ4v) is 6.15. The van der Waals surface area contributed by atoms with Gasteiger partial charge in [-0.25, -0.2) is 4.79 Å². The summed E-state index contributed by atoms with van der Waals surface area (Å²) in [5, 5.41) is 59.1. The molecule has 0 fully saturated rings. The average molecular weight is 574 g/mol. The lowest BCUT2D eigenvalue weighted by Crippen LogP contribution is -2.68. The van der Waals surface area contributed by atoms with Crippen LogP contribution in [0.3, 0.4) is 0 Å². The second-order valence-corrected chi connectivity index (χ2v) is 12.2. The first kappa shape index (κ1) is 30.0. The van der Waals surface area contributed by atoms with Gasteiger partial charge in [0.05, 0.1) is 35.9 Å². The van der Waals surface area contributed by atoms with Crippen LogP contribution in [-0.4, -0.2) is 92.4 Å². The Labute approximate surface area is 235 Å². The Hall–Kier alpha value is -3.94. The molecule has 3 aliphatic rings. The van der Waals surface area contributed by atoms with Crippen molar-refractivity contribution in [2.75, 3.05) is 26.0 Å². The summed E-state index contributed by atoms with van der Waals surface area (Å²) in [5.41, 5.74) is 0.252. The number of ether oxygens (including phenoxy) is 1. The molecule has 1 aromatic rings. The summed E-state index contributed by atoms with van der Waals surface area (Å²) in [6.07, 6.45) is -2.58. The monoisotopic (exact) mass is 573 g/mol. The number of rotatable bonds is 4. The molecule has 3 aliphatic carbocycles. The summed E-state index contributed by atoms with van der Waals surface area (Å²) in [6, 6.07) is 1.48. The number of hydrogen-bond donors (Lipinski definition) is 7. The molecule has 222 valence electrons. The van der Waals surface area contributed by atoms with Gasteiger partial charge < -0.3 is 36.0 Å². The van der Waals surface area contributed by atoms with Gasteiger partial charge >= 0.3 is 6.09 Å². The number of phenols is 1.